The molecule has 3 rings (SSSR count). The van der Waals surface area contributed by atoms with E-state index in [1.165, 1.54) is 0 Å². The lowest BCUT2D eigenvalue weighted by Gasteiger charge is -2.26. The topological polar surface area (TPSA) is 79.2 Å². The summed E-state index contributed by atoms with van der Waals surface area (Å²) in [4.78, 5) is 12.0. The van der Waals surface area contributed by atoms with Gasteiger partial charge in [0.25, 0.3) is 0 Å². The second-order valence-corrected chi connectivity index (χ2v) is 5.60. The monoisotopic (exact) mass is 300 g/mol. The zero-order chi connectivity index (χ0) is 15.4. The molecule has 6 heteroatoms. The fourth-order valence-corrected chi connectivity index (χ4v) is 2.69. The van der Waals surface area contributed by atoms with Gasteiger partial charge in [0.05, 0.1) is 11.8 Å². The predicted octanol–water partition coefficient (Wildman–Crippen LogP) is 2.30. The number of aliphatic hydroxyl groups excluding tert-OH is 1. The molecule has 0 saturated heterocycles. The van der Waals surface area contributed by atoms with Gasteiger partial charge in [-0.05, 0) is 56.0 Å². The van der Waals surface area contributed by atoms with Crippen molar-refractivity contribution in [1.82, 2.24) is 15.1 Å². The molecule has 2 aromatic rings. The van der Waals surface area contributed by atoms with Crippen LogP contribution in [0.3, 0.4) is 0 Å². The highest BCUT2D eigenvalue weighted by Crippen LogP contribution is 2.18. The molecule has 0 spiro atoms. The van der Waals surface area contributed by atoms with Gasteiger partial charge in [0.1, 0.15) is 0 Å². The molecule has 1 aliphatic carbocycles. The van der Waals surface area contributed by atoms with Gasteiger partial charge in [0.15, 0.2) is 0 Å². The van der Waals surface area contributed by atoms with Gasteiger partial charge in [0, 0.05) is 24.1 Å². The van der Waals surface area contributed by atoms with Gasteiger partial charge in [-0.2, -0.15) is 5.10 Å². The normalized spacial score (nSPS) is 21.3. The Labute approximate surface area is 129 Å². The number of anilines is 1. The number of benzene rings is 1. The Balaban J connectivity index is 1.53. The molecule has 0 radical (unpaired) electrons. The SMILES string of the molecule is O=C(Nc1ccc(-n2cccn2)cc1)NC1CCC(O)CC1. The summed E-state index contributed by atoms with van der Waals surface area (Å²) in [7, 11) is 0. The number of amides is 2. The van der Waals surface area contributed by atoms with Crippen molar-refractivity contribution in [2.24, 2.45) is 0 Å². The molecule has 1 aromatic heterocycles. The molecule has 1 saturated carbocycles. The quantitative estimate of drug-likeness (QED) is 0.813. The number of urea groups is 1. The van der Waals surface area contributed by atoms with Crippen LogP contribution in [0.5, 0.6) is 0 Å². The van der Waals surface area contributed by atoms with E-state index in [2.05, 4.69) is 15.7 Å². The molecule has 6 nitrogen and oxygen atoms in total. The molecule has 0 unspecified atom stereocenters. The van der Waals surface area contributed by atoms with E-state index < -0.39 is 0 Å². The van der Waals surface area contributed by atoms with Gasteiger partial charge >= 0.3 is 6.03 Å². The molecule has 3 N–H and O–H groups in total. The summed E-state index contributed by atoms with van der Waals surface area (Å²) in [6.45, 7) is 0. The number of carbonyl (C=O) groups excluding carboxylic acids is 1. The third kappa shape index (κ3) is 3.65. The summed E-state index contributed by atoms with van der Waals surface area (Å²) in [5, 5.41) is 19.4. The largest absolute Gasteiger partial charge is 0.393 e. The zero-order valence-corrected chi connectivity index (χ0v) is 12.3. The molecular weight excluding hydrogens is 280 g/mol. The van der Waals surface area contributed by atoms with Crippen molar-refractivity contribution in [3.05, 3.63) is 42.7 Å². The molecular formula is C16H20N4O2. The molecule has 0 bridgehead atoms. The van der Waals surface area contributed by atoms with Crippen LogP contribution in [0.2, 0.25) is 0 Å². The number of aliphatic hydroxyl groups is 1. The predicted molar refractivity (Wildman–Crippen MR) is 84.0 cm³/mol. The molecule has 22 heavy (non-hydrogen) atoms. The molecule has 0 aliphatic heterocycles. The van der Waals surface area contributed by atoms with Crippen LogP contribution in [0.4, 0.5) is 10.5 Å². The Hall–Kier alpha value is -2.34. The van der Waals surface area contributed by atoms with Crippen LogP contribution in [0.25, 0.3) is 5.69 Å². The van der Waals surface area contributed by atoms with Gasteiger partial charge in [-0.1, -0.05) is 0 Å². The lowest BCUT2D eigenvalue weighted by atomic mass is 9.93. The lowest BCUT2D eigenvalue weighted by molar-refractivity contribution is 0.118. The van der Waals surface area contributed by atoms with Crippen LogP contribution in [0.15, 0.2) is 42.7 Å². The van der Waals surface area contributed by atoms with Crippen molar-refractivity contribution in [1.29, 1.82) is 0 Å². The number of hydrogen-bond donors (Lipinski definition) is 3. The number of aromatic nitrogens is 2. The van der Waals surface area contributed by atoms with Gasteiger partial charge in [-0.3, -0.25) is 0 Å². The number of nitrogens with one attached hydrogen (secondary N) is 2. The first kappa shape index (κ1) is 14.6. The van der Waals surface area contributed by atoms with Crippen LogP contribution in [0, 0.1) is 0 Å². The summed E-state index contributed by atoms with van der Waals surface area (Å²) in [6, 6.07) is 9.31. The van der Waals surface area contributed by atoms with E-state index >= 15 is 0 Å². The van der Waals surface area contributed by atoms with Gasteiger partial charge in [-0.25, -0.2) is 9.48 Å². The van der Waals surface area contributed by atoms with E-state index in [0.29, 0.717) is 0 Å². The minimum Gasteiger partial charge on any atom is -0.393 e. The van der Waals surface area contributed by atoms with Crippen molar-refractivity contribution in [3.8, 4) is 5.69 Å². The fraction of sp³-hybridized carbons (Fsp3) is 0.375. The molecule has 1 aliphatic rings. The number of carbonyl (C=O) groups is 1. The average molecular weight is 300 g/mol. The summed E-state index contributed by atoms with van der Waals surface area (Å²) < 4.78 is 1.76. The molecule has 1 fully saturated rings. The van der Waals surface area contributed by atoms with Crippen LogP contribution < -0.4 is 10.6 Å². The highest BCUT2D eigenvalue weighted by atomic mass is 16.3. The molecule has 116 valence electrons. The first-order valence-corrected chi connectivity index (χ1v) is 7.56. The van der Waals surface area contributed by atoms with E-state index in [4.69, 9.17) is 0 Å². The maximum Gasteiger partial charge on any atom is 0.319 e. The number of rotatable bonds is 3. The Morgan fingerprint density at radius 1 is 1.18 bits per heavy atom. The Bertz CT molecular complexity index is 602. The molecule has 2 amide bonds. The Morgan fingerprint density at radius 3 is 2.55 bits per heavy atom. The average Bonchev–Trinajstić information content (AvgIpc) is 3.05. The lowest BCUT2D eigenvalue weighted by Crippen LogP contribution is -2.40. The van der Waals surface area contributed by atoms with Crippen molar-refractivity contribution < 1.29 is 9.90 Å². The van der Waals surface area contributed by atoms with E-state index in [1.807, 2.05) is 36.5 Å². The molecule has 0 atom stereocenters. The van der Waals surface area contributed by atoms with Crippen molar-refractivity contribution >= 4 is 11.7 Å². The second kappa shape index (κ2) is 6.62. The second-order valence-electron chi connectivity index (χ2n) is 5.60. The van der Waals surface area contributed by atoms with Gasteiger partial charge < -0.3 is 15.7 Å². The summed E-state index contributed by atoms with van der Waals surface area (Å²) >= 11 is 0. The Morgan fingerprint density at radius 2 is 1.91 bits per heavy atom. The first-order chi connectivity index (χ1) is 10.7. The first-order valence-electron chi connectivity index (χ1n) is 7.56. The highest BCUT2D eigenvalue weighted by Gasteiger charge is 2.20. The van der Waals surface area contributed by atoms with E-state index in [1.54, 1.807) is 10.9 Å². The van der Waals surface area contributed by atoms with Crippen LogP contribution in [0.1, 0.15) is 25.7 Å². The standard InChI is InChI=1S/C16H20N4O2/c21-15-8-4-13(5-9-15)19-16(22)18-12-2-6-14(7-3-12)20-11-1-10-17-20/h1-3,6-7,10-11,13,15,21H,4-5,8-9H2,(H2,18,19,22). The van der Waals surface area contributed by atoms with E-state index in [-0.39, 0.29) is 18.2 Å². The number of nitrogens with zero attached hydrogens (tertiary/aromatic N) is 2. The smallest absolute Gasteiger partial charge is 0.319 e. The molecule has 1 heterocycles. The van der Waals surface area contributed by atoms with Gasteiger partial charge in [0.2, 0.25) is 0 Å². The maximum atomic E-state index is 12.0. The minimum absolute atomic E-state index is 0.145. The Kier molecular flexibility index (Phi) is 4.39. The zero-order valence-electron chi connectivity index (χ0n) is 12.3. The summed E-state index contributed by atoms with van der Waals surface area (Å²) in [5.41, 5.74) is 1.68. The van der Waals surface area contributed by atoms with Crippen molar-refractivity contribution in [2.45, 2.75) is 37.8 Å². The summed E-state index contributed by atoms with van der Waals surface area (Å²) in [5.74, 6) is 0. The maximum absolute atomic E-state index is 12.0. The third-order valence-electron chi connectivity index (χ3n) is 3.93. The van der Waals surface area contributed by atoms with Crippen molar-refractivity contribution in [3.63, 3.8) is 0 Å². The summed E-state index contributed by atoms with van der Waals surface area (Å²) in [6.07, 6.45) is 6.54. The van der Waals surface area contributed by atoms with E-state index in [0.717, 1.165) is 37.1 Å². The number of hydrogen-bond acceptors (Lipinski definition) is 3. The van der Waals surface area contributed by atoms with E-state index in [9.17, 15) is 9.90 Å². The van der Waals surface area contributed by atoms with Crippen LogP contribution in [-0.2, 0) is 0 Å². The minimum atomic E-state index is -0.212. The highest BCUT2D eigenvalue weighted by molar-refractivity contribution is 5.89. The van der Waals surface area contributed by atoms with Crippen LogP contribution >= 0.6 is 0 Å². The third-order valence-corrected chi connectivity index (χ3v) is 3.93. The van der Waals surface area contributed by atoms with Crippen molar-refractivity contribution in [2.75, 3.05) is 5.32 Å². The van der Waals surface area contributed by atoms with Crippen LogP contribution in [-0.4, -0.2) is 33.1 Å². The molecule has 1 aromatic carbocycles. The van der Waals surface area contributed by atoms with Gasteiger partial charge in [-0.15, -0.1) is 0 Å². The fourth-order valence-electron chi connectivity index (χ4n) is 2.69.